The maximum Gasteiger partial charge on any atom is 0.293 e. The second kappa shape index (κ2) is 6.13. The summed E-state index contributed by atoms with van der Waals surface area (Å²) in [6, 6.07) is 16.6. The molecule has 1 aromatic heterocycles. The summed E-state index contributed by atoms with van der Waals surface area (Å²) >= 11 is 0. The van der Waals surface area contributed by atoms with Crippen LogP contribution in [0.5, 0.6) is 11.5 Å². The maximum atomic E-state index is 12.0. The number of hydrogen-bond acceptors (Lipinski definition) is 4. The molecule has 1 amide bonds. The number of aryl methyl sites for hydroxylation is 1. The zero-order valence-electron chi connectivity index (χ0n) is 11.9. The fraction of sp³-hybridized carbons (Fsp3) is 0.0588. The van der Waals surface area contributed by atoms with Crippen LogP contribution in [0.1, 0.15) is 16.2 Å². The summed E-state index contributed by atoms with van der Waals surface area (Å²) < 4.78 is 10.7. The largest absolute Gasteiger partial charge is 0.457 e. The molecule has 0 atom stereocenters. The molecule has 3 rings (SSSR count). The molecule has 0 aliphatic rings. The SMILES string of the molecule is Cc1ncoc1C(=O)Nc1ccc(Oc2ccccc2)cc1. The summed E-state index contributed by atoms with van der Waals surface area (Å²) in [4.78, 5) is 15.9. The number of nitrogens with zero attached hydrogens (tertiary/aromatic N) is 1. The van der Waals surface area contributed by atoms with Crippen molar-refractivity contribution in [1.29, 1.82) is 0 Å². The van der Waals surface area contributed by atoms with Gasteiger partial charge in [-0.05, 0) is 43.3 Å². The highest BCUT2D eigenvalue weighted by molar-refractivity contribution is 6.02. The van der Waals surface area contributed by atoms with E-state index in [1.54, 1.807) is 31.2 Å². The first-order valence-electron chi connectivity index (χ1n) is 6.77. The number of benzene rings is 2. The molecule has 3 aromatic rings. The molecule has 1 heterocycles. The molecule has 2 aromatic carbocycles. The molecule has 0 saturated heterocycles. The van der Waals surface area contributed by atoms with Gasteiger partial charge in [0.25, 0.3) is 5.91 Å². The van der Waals surface area contributed by atoms with Crippen LogP contribution in [-0.4, -0.2) is 10.9 Å². The Kier molecular flexibility index (Phi) is 3.87. The predicted octanol–water partition coefficient (Wildman–Crippen LogP) is 4.03. The average molecular weight is 294 g/mol. The fourth-order valence-electron chi connectivity index (χ4n) is 1.94. The minimum Gasteiger partial charge on any atom is -0.457 e. The summed E-state index contributed by atoms with van der Waals surface area (Å²) in [5.41, 5.74) is 1.21. The molecule has 110 valence electrons. The van der Waals surface area contributed by atoms with Gasteiger partial charge in [-0.2, -0.15) is 0 Å². The van der Waals surface area contributed by atoms with Crippen LogP contribution >= 0.6 is 0 Å². The highest BCUT2D eigenvalue weighted by atomic mass is 16.5. The molecule has 0 aliphatic carbocycles. The van der Waals surface area contributed by atoms with Crippen LogP contribution in [0.15, 0.2) is 65.4 Å². The Bertz CT molecular complexity index is 764. The van der Waals surface area contributed by atoms with Gasteiger partial charge in [-0.25, -0.2) is 4.98 Å². The lowest BCUT2D eigenvalue weighted by atomic mass is 10.2. The zero-order chi connectivity index (χ0) is 15.4. The Hall–Kier alpha value is -3.08. The van der Waals surface area contributed by atoms with Crippen molar-refractivity contribution in [2.24, 2.45) is 0 Å². The van der Waals surface area contributed by atoms with Gasteiger partial charge in [-0.3, -0.25) is 4.79 Å². The normalized spacial score (nSPS) is 10.2. The van der Waals surface area contributed by atoms with Gasteiger partial charge in [0.2, 0.25) is 5.76 Å². The molecule has 0 radical (unpaired) electrons. The molecular weight excluding hydrogens is 280 g/mol. The third-order valence-corrected chi connectivity index (χ3v) is 3.04. The summed E-state index contributed by atoms with van der Waals surface area (Å²) in [6.07, 6.45) is 1.25. The van der Waals surface area contributed by atoms with Gasteiger partial charge in [0.1, 0.15) is 11.5 Å². The number of nitrogens with one attached hydrogen (secondary N) is 1. The number of para-hydroxylation sites is 1. The number of rotatable bonds is 4. The summed E-state index contributed by atoms with van der Waals surface area (Å²) in [5, 5.41) is 2.75. The lowest BCUT2D eigenvalue weighted by Gasteiger charge is -2.07. The van der Waals surface area contributed by atoms with Crippen LogP contribution in [0, 0.1) is 6.92 Å². The molecule has 5 heteroatoms. The van der Waals surface area contributed by atoms with Crippen molar-refractivity contribution in [1.82, 2.24) is 4.98 Å². The van der Waals surface area contributed by atoms with E-state index in [-0.39, 0.29) is 11.7 Å². The minimum atomic E-state index is -0.327. The third kappa shape index (κ3) is 3.15. The second-order valence-corrected chi connectivity index (χ2v) is 4.66. The number of hydrogen-bond donors (Lipinski definition) is 1. The first-order valence-corrected chi connectivity index (χ1v) is 6.77. The number of ether oxygens (including phenoxy) is 1. The quantitative estimate of drug-likeness (QED) is 0.789. The molecule has 0 aliphatic heterocycles. The van der Waals surface area contributed by atoms with E-state index < -0.39 is 0 Å². The van der Waals surface area contributed by atoms with Crippen LogP contribution < -0.4 is 10.1 Å². The predicted molar refractivity (Wildman–Crippen MR) is 82.2 cm³/mol. The van der Waals surface area contributed by atoms with E-state index in [4.69, 9.17) is 9.15 Å². The molecular formula is C17H14N2O3. The molecule has 1 N–H and O–H groups in total. The molecule has 22 heavy (non-hydrogen) atoms. The fourth-order valence-corrected chi connectivity index (χ4v) is 1.94. The Morgan fingerprint density at radius 1 is 1.05 bits per heavy atom. The van der Waals surface area contributed by atoms with E-state index in [1.165, 1.54) is 6.39 Å². The van der Waals surface area contributed by atoms with Crippen molar-refractivity contribution in [3.8, 4) is 11.5 Å². The molecule has 0 spiro atoms. The van der Waals surface area contributed by atoms with Crippen LogP contribution in [0.3, 0.4) is 0 Å². The van der Waals surface area contributed by atoms with Crippen molar-refractivity contribution < 1.29 is 13.9 Å². The van der Waals surface area contributed by atoms with E-state index >= 15 is 0 Å². The van der Waals surface area contributed by atoms with Gasteiger partial charge in [-0.1, -0.05) is 18.2 Å². The first kappa shape index (κ1) is 13.9. The van der Waals surface area contributed by atoms with Gasteiger partial charge in [0.15, 0.2) is 6.39 Å². The van der Waals surface area contributed by atoms with Crippen LogP contribution in [0.2, 0.25) is 0 Å². The van der Waals surface area contributed by atoms with Gasteiger partial charge < -0.3 is 14.5 Å². The van der Waals surface area contributed by atoms with E-state index in [0.717, 1.165) is 5.75 Å². The Labute approximate surface area is 127 Å². The van der Waals surface area contributed by atoms with E-state index in [1.807, 2.05) is 30.3 Å². The second-order valence-electron chi connectivity index (χ2n) is 4.66. The monoisotopic (exact) mass is 294 g/mol. The summed E-state index contributed by atoms with van der Waals surface area (Å²) in [6.45, 7) is 1.72. The Morgan fingerprint density at radius 2 is 1.73 bits per heavy atom. The molecule has 0 unspecified atom stereocenters. The van der Waals surface area contributed by atoms with Crippen molar-refractivity contribution in [3.05, 3.63) is 72.4 Å². The standard InChI is InChI=1S/C17H14N2O3/c1-12-16(21-11-18-12)17(20)19-13-7-9-15(10-8-13)22-14-5-3-2-4-6-14/h2-11H,1H3,(H,19,20). The Morgan fingerprint density at radius 3 is 2.36 bits per heavy atom. The van der Waals surface area contributed by atoms with E-state index in [0.29, 0.717) is 17.1 Å². The van der Waals surface area contributed by atoms with E-state index in [9.17, 15) is 4.79 Å². The lowest BCUT2D eigenvalue weighted by molar-refractivity contribution is 0.0996. The van der Waals surface area contributed by atoms with Crippen molar-refractivity contribution in [3.63, 3.8) is 0 Å². The number of aromatic nitrogens is 1. The lowest BCUT2D eigenvalue weighted by Crippen LogP contribution is -2.12. The van der Waals surface area contributed by atoms with Crippen molar-refractivity contribution in [2.75, 3.05) is 5.32 Å². The first-order chi connectivity index (χ1) is 10.7. The van der Waals surface area contributed by atoms with Crippen molar-refractivity contribution in [2.45, 2.75) is 6.92 Å². The van der Waals surface area contributed by atoms with E-state index in [2.05, 4.69) is 10.3 Å². The van der Waals surface area contributed by atoms with Gasteiger partial charge in [0.05, 0.1) is 5.69 Å². The number of amides is 1. The molecule has 0 bridgehead atoms. The average Bonchev–Trinajstić information content (AvgIpc) is 2.96. The number of anilines is 1. The Balaban J connectivity index is 1.67. The van der Waals surface area contributed by atoms with Gasteiger partial charge in [0, 0.05) is 5.69 Å². The number of oxazole rings is 1. The van der Waals surface area contributed by atoms with Crippen molar-refractivity contribution >= 4 is 11.6 Å². The summed E-state index contributed by atoms with van der Waals surface area (Å²) in [7, 11) is 0. The topological polar surface area (TPSA) is 64.4 Å². The van der Waals surface area contributed by atoms with Crippen LogP contribution in [-0.2, 0) is 0 Å². The highest BCUT2D eigenvalue weighted by Crippen LogP contribution is 2.23. The minimum absolute atomic E-state index is 0.213. The van der Waals surface area contributed by atoms with Gasteiger partial charge >= 0.3 is 0 Å². The smallest absolute Gasteiger partial charge is 0.293 e. The zero-order valence-corrected chi connectivity index (χ0v) is 11.9. The van der Waals surface area contributed by atoms with Crippen LogP contribution in [0.4, 0.5) is 5.69 Å². The number of carbonyl (C=O) groups is 1. The summed E-state index contributed by atoms with van der Waals surface area (Å²) in [5.74, 6) is 1.34. The van der Waals surface area contributed by atoms with Gasteiger partial charge in [-0.15, -0.1) is 0 Å². The molecule has 5 nitrogen and oxygen atoms in total. The number of carbonyl (C=O) groups excluding carboxylic acids is 1. The third-order valence-electron chi connectivity index (χ3n) is 3.04. The maximum absolute atomic E-state index is 12.0. The highest BCUT2D eigenvalue weighted by Gasteiger charge is 2.13. The van der Waals surface area contributed by atoms with Crippen LogP contribution in [0.25, 0.3) is 0 Å². The molecule has 0 fully saturated rings. The molecule has 0 saturated carbocycles.